The number of nitrogens with one attached hydrogen (secondary N) is 1. The van der Waals surface area contributed by atoms with Gasteiger partial charge in [0.2, 0.25) is 0 Å². The third kappa shape index (κ3) is 5.00. The number of allylic oxidation sites excluding steroid dienone is 1. The van der Waals surface area contributed by atoms with E-state index in [4.69, 9.17) is 16.3 Å². The second-order valence-electron chi connectivity index (χ2n) is 4.90. The highest BCUT2D eigenvalue weighted by Crippen LogP contribution is 2.26. The smallest absolute Gasteiger partial charge is 0.412 e. The van der Waals surface area contributed by atoms with E-state index in [1.807, 2.05) is 27.7 Å². The van der Waals surface area contributed by atoms with Crippen LogP contribution in [0.5, 0.6) is 0 Å². The van der Waals surface area contributed by atoms with Crippen LogP contribution in [0, 0.1) is 6.92 Å². The molecule has 0 aromatic carbocycles. The summed E-state index contributed by atoms with van der Waals surface area (Å²) >= 11 is 7.48. The van der Waals surface area contributed by atoms with E-state index < -0.39 is 6.09 Å². The summed E-state index contributed by atoms with van der Waals surface area (Å²) in [6.07, 6.45) is 1.82. The summed E-state index contributed by atoms with van der Waals surface area (Å²) in [5.74, 6) is 0. The molecular formula is C15H23ClN2O2S. The number of aromatic nitrogens is 1. The lowest BCUT2D eigenvalue weighted by molar-refractivity contribution is 0.135. The third-order valence-corrected chi connectivity index (χ3v) is 4.54. The summed E-state index contributed by atoms with van der Waals surface area (Å²) in [5, 5.41) is 3.49. The summed E-state index contributed by atoms with van der Waals surface area (Å²) in [6.45, 7) is 9.65. The molecule has 1 amide bonds. The van der Waals surface area contributed by atoms with Crippen molar-refractivity contribution >= 4 is 34.9 Å². The molecule has 0 aliphatic carbocycles. The normalized spacial score (nSPS) is 13.6. The third-order valence-electron chi connectivity index (χ3n) is 3.22. The van der Waals surface area contributed by atoms with Crippen LogP contribution in [-0.2, 0) is 11.2 Å². The van der Waals surface area contributed by atoms with Gasteiger partial charge in [-0.3, -0.25) is 5.32 Å². The zero-order valence-corrected chi connectivity index (χ0v) is 14.8. The van der Waals surface area contributed by atoms with E-state index in [2.05, 4.69) is 16.6 Å². The van der Waals surface area contributed by atoms with Gasteiger partial charge in [0.25, 0.3) is 0 Å². The van der Waals surface area contributed by atoms with Gasteiger partial charge in [0.1, 0.15) is 6.10 Å². The Balaban J connectivity index is 2.73. The highest BCUT2D eigenvalue weighted by atomic mass is 35.5. The lowest BCUT2D eigenvalue weighted by Gasteiger charge is -2.18. The number of hydrogen-bond donors (Lipinski definition) is 1. The van der Waals surface area contributed by atoms with Crippen LogP contribution in [0.4, 0.5) is 10.5 Å². The molecular weight excluding hydrogens is 308 g/mol. The topological polar surface area (TPSA) is 51.2 Å². The summed E-state index contributed by atoms with van der Waals surface area (Å²) < 4.78 is 9.69. The molecule has 0 aliphatic heterocycles. The minimum absolute atomic E-state index is 0.334. The average molecular weight is 331 g/mol. The van der Waals surface area contributed by atoms with Crippen LogP contribution < -0.4 is 5.32 Å². The molecule has 1 aromatic rings. The first-order valence-electron chi connectivity index (χ1n) is 7.18. The molecule has 21 heavy (non-hydrogen) atoms. The molecule has 0 fully saturated rings. The molecule has 118 valence electrons. The fraction of sp³-hybridized carbons (Fsp3) is 0.600. The van der Waals surface area contributed by atoms with Crippen molar-refractivity contribution in [1.29, 1.82) is 0 Å². The number of hydrogen-bond acceptors (Lipinski definition) is 4. The predicted molar refractivity (Wildman–Crippen MR) is 89.3 cm³/mol. The van der Waals surface area contributed by atoms with Crippen LogP contribution in [0.25, 0.3) is 0 Å². The Labute approximate surface area is 135 Å². The van der Waals surface area contributed by atoms with E-state index in [1.165, 1.54) is 11.5 Å². The highest BCUT2D eigenvalue weighted by molar-refractivity contribution is 7.06. The molecule has 0 saturated heterocycles. The summed E-state index contributed by atoms with van der Waals surface area (Å²) in [7, 11) is 0. The van der Waals surface area contributed by atoms with E-state index >= 15 is 0 Å². The van der Waals surface area contributed by atoms with Gasteiger partial charge in [0.05, 0.1) is 11.4 Å². The first-order valence-corrected chi connectivity index (χ1v) is 8.33. The van der Waals surface area contributed by atoms with Gasteiger partial charge in [-0.05, 0) is 50.7 Å². The van der Waals surface area contributed by atoms with Crippen LogP contribution >= 0.6 is 23.1 Å². The molecule has 1 unspecified atom stereocenters. The highest BCUT2D eigenvalue weighted by Gasteiger charge is 2.18. The molecule has 0 spiro atoms. The second-order valence-corrected chi connectivity index (χ2v) is 6.33. The number of rotatable bonds is 6. The molecule has 1 rings (SSSR count). The average Bonchev–Trinajstić information content (AvgIpc) is 2.76. The standard InChI is InChI=1S/C15H23ClN2O2S/c1-6-8-12(9(3)16)11(5)20-15(19)17-14-10(4)18-21-13(14)7-2/h11H,6-8H2,1-5H3,(H,17,19). The predicted octanol–water partition coefficient (Wildman–Crippen LogP) is 5.26. The fourth-order valence-electron chi connectivity index (χ4n) is 2.11. The Morgan fingerprint density at radius 3 is 2.67 bits per heavy atom. The fourth-order valence-corrected chi connectivity index (χ4v) is 3.11. The summed E-state index contributed by atoms with van der Waals surface area (Å²) in [6, 6.07) is 0. The number of nitrogens with zero attached hydrogens (tertiary/aromatic N) is 1. The Morgan fingerprint density at radius 2 is 2.14 bits per heavy atom. The Bertz CT molecular complexity index is 522. The van der Waals surface area contributed by atoms with Crippen LogP contribution in [-0.4, -0.2) is 16.6 Å². The van der Waals surface area contributed by atoms with Gasteiger partial charge < -0.3 is 4.74 Å². The van der Waals surface area contributed by atoms with E-state index in [9.17, 15) is 4.79 Å². The molecule has 0 aliphatic rings. The van der Waals surface area contributed by atoms with Gasteiger partial charge in [0, 0.05) is 9.91 Å². The van der Waals surface area contributed by atoms with Gasteiger partial charge in [-0.1, -0.05) is 31.9 Å². The van der Waals surface area contributed by atoms with Gasteiger partial charge in [-0.2, -0.15) is 4.37 Å². The largest absolute Gasteiger partial charge is 0.442 e. The number of aryl methyl sites for hydroxylation is 2. The molecule has 1 aromatic heterocycles. The monoisotopic (exact) mass is 330 g/mol. The molecule has 1 N–H and O–H groups in total. The van der Waals surface area contributed by atoms with Crippen LogP contribution in [0.2, 0.25) is 0 Å². The quantitative estimate of drug-likeness (QED) is 0.773. The Hall–Kier alpha value is -1.07. The lowest BCUT2D eigenvalue weighted by Crippen LogP contribution is -2.22. The zero-order valence-electron chi connectivity index (χ0n) is 13.2. The summed E-state index contributed by atoms with van der Waals surface area (Å²) in [4.78, 5) is 13.1. The molecule has 4 nitrogen and oxygen atoms in total. The van der Waals surface area contributed by atoms with Crippen LogP contribution in [0.15, 0.2) is 10.6 Å². The maximum Gasteiger partial charge on any atom is 0.412 e. The molecule has 1 heterocycles. The number of halogens is 1. The number of carbonyl (C=O) groups is 1. The van der Waals surface area contributed by atoms with Crippen molar-refractivity contribution in [3.05, 3.63) is 21.2 Å². The molecule has 1 atom stereocenters. The molecule has 0 radical (unpaired) electrons. The van der Waals surface area contributed by atoms with E-state index in [-0.39, 0.29) is 6.10 Å². The first-order chi connectivity index (χ1) is 9.90. The van der Waals surface area contributed by atoms with Gasteiger partial charge in [-0.15, -0.1) is 0 Å². The Morgan fingerprint density at radius 1 is 1.48 bits per heavy atom. The van der Waals surface area contributed by atoms with Crippen molar-refractivity contribution in [2.45, 2.75) is 60.0 Å². The minimum Gasteiger partial charge on any atom is -0.442 e. The number of amides is 1. The van der Waals surface area contributed by atoms with E-state index in [0.29, 0.717) is 5.03 Å². The van der Waals surface area contributed by atoms with Crippen molar-refractivity contribution < 1.29 is 9.53 Å². The van der Waals surface area contributed by atoms with Crippen molar-refractivity contribution in [2.24, 2.45) is 0 Å². The van der Waals surface area contributed by atoms with Crippen molar-refractivity contribution in [3.8, 4) is 0 Å². The van der Waals surface area contributed by atoms with Gasteiger partial charge in [-0.25, -0.2) is 4.79 Å². The van der Waals surface area contributed by atoms with Gasteiger partial charge >= 0.3 is 6.09 Å². The second kappa shape index (κ2) is 8.39. The maximum atomic E-state index is 12.1. The van der Waals surface area contributed by atoms with Crippen LogP contribution in [0.3, 0.4) is 0 Å². The lowest BCUT2D eigenvalue weighted by atomic mass is 10.1. The van der Waals surface area contributed by atoms with Crippen molar-refractivity contribution in [1.82, 2.24) is 4.37 Å². The Kier molecular flexibility index (Phi) is 7.18. The zero-order chi connectivity index (χ0) is 16.0. The van der Waals surface area contributed by atoms with Crippen molar-refractivity contribution in [2.75, 3.05) is 5.32 Å². The molecule has 0 bridgehead atoms. The number of ether oxygens (including phenoxy) is 1. The number of anilines is 1. The minimum atomic E-state index is -0.466. The van der Waals surface area contributed by atoms with Crippen molar-refractivity contribution in [3.63, 3.8) is 0 Å². The molecule has 0 saturated carbocycles. The van der Waals surface area contributed by atoms with E-state index in [0.717, 1.165) is 41.1 Å². The molecule has 6 heteroatoms. The first kappa shape index (κ1) is 18.0. The number of carbonyl (C=O) groups excluding carboxylic acids is 1. The van der Waals surface area contributed by atoms with Crippen LogP contribution in [0.1, 0.15) is 51.1 Å². The summed E-state index contributed by atoms with van der Waals surface area (Å²) in [5.41, 5.74) is 2.55. The van der Waals surface area contributed by atoms with E-state index in [1.54, 1.807) is 0 Å². The SMILES string of the molecule is CCCC(=C(C)Cl)C(C)OC(=O)Nc1c(C)nsc1CC. The van der Waals surface area contributed by atoms with Gasteiger partial charge in [0.15, 0.2) is 0 Å². The maximum absolute atomic E-state index is 12.1.